The van der Waals surface area contributed by atoms with Gasteiger partial charge in [-0.1, -0.05) is 107 Å². The Morgan fingerprint density at radius 2 is 0.900 bits per heavy atom. The van der Waals surface area contributed by atoms with Gasteiger partial charge >= 0.3 is 6.16 Å². The highest BCUT2D eigenvalue weighted by atomic mass is 35.5. The lowest BCUT2D eigenvalue weighted by Gasteiger charge is -2.40. The molecule has 0 fully saturated rings. The first-order chi connectivity index (χ1) is 24.0. The maximum Gasteiger partial charge on any atom is 0.508 e. The Bertz CT molecular complexity index is 1740. The summed E-state index contributed by atoms with van der Waals surface area (Å²) in [6.07, 6.45) is -0.723. The minimum absolute atomic E-state index is 0.0146. The summed E-state index contributed by atoms with van der Waals surface area (Å²) in [5.74, 6) is -0.811. The first-order valence-corrected chi connectivity index (χ1v) is 18.0. The van der Waals surface area contributed by atoms with Crippen LogP contribution in [0, 0.1) is 0 Å². The van der Waals surface area contributed by atoms with E-state index in [0.29, 0.717) is 44.3 Å². The van der Waals surface area contributed by atoms with Gasteiger partial charge in [-0.05, 0) is 71.5 Å². The Morgan fingerprint density at radius 1 is 0.560 bits per heavy atom. The molecule has 2 aliphatic rings. The van der Waals surface area contributed by atoms with Crippen LogP contribution in [0.3, 0.4) is 0 Å². The molecule has 260 valence electrons. The normalized spacial score (nSPS) is 19.7. The molecule has 0 saturated heterocycles. The molecule has 0 aromatic heterocycles. The van der Waals surface area contributed by atoms with E-state index in [4.69, 9.17) is 55.9 Å². The second-order valence-electron chi connectivity index (χ2n) is 12.7. The Morgan fingerprint density at radius 3 is 1.26 bits per heavy atom. The summed E-state index contributed by atoms with van der Waals surface area (Å²) in [5.41, 5.74) is 5.14. The lowest BCUT2D eigenvalue weighted by atomic mass is 9.85. The number of carbonyl (C=O) groups is 3. The van der Waals surface area contributed by atoms with E-state index < -0.39 is 6.16 Å². The number of amides is 2. The fourth-order valence-electron chi connectivity index (χ4n) is 7.06. The molecule has 2 heterocycles. The van der Waals surface area contributed by atoms with Gasteiger partial charge in [-0.2, -0.15) is 0 Å². The molecule has 0 N–H and O–H groups in total. The molecule has 11 heteroatoms. The molecule has 0 radical (unpaired) electrons. The van der Waals surface area contributed by atoms with Gasteiger partial charge in [-0.3, -0.25) is 9.59 Å². The van der Waals surface area contributed by atoms with Crippen molar-refractivity contribution in [2.75, 3.05) is 26.3 Å². The quantitative estimate of drug-likeness (QED) is 0.168. The second-order valence-corrected chi connectivity index (χ2v) is 14.4. The van der Waals surface area contributed by atoms with Gasteiger partial charge in [0, 0.05) is 45.0 Å². The van der Waals surface area contributed by atoms with E-state index in [0.717, 1.165) is 22.3 Å². The van der Waals surface area contributed by atoms with Crippen LogP contribution in [0.1, 0.15) is 71.1 Å². The van der Waals surface area contributed by atoms with Crippen LogP contribution < -0.4 is 0 Å². The fraction of sp³-hybridized carbons (Fsp3) is 0.308. The largest absolute Gasteiger partial charge is 0.508 e. The monoisotopic (exact) mass is 752 g/mol. The third kappa shape index (κ3) is 7.62. The van der Waals surface area contributed by atoms with Crippen molar-refractivity contribution in [3.8, 4) is 0 Å². The molecule has 2 amide bonds. The number of ether oxygens (including phenoxy) is 2. The third-order valence-electron chi connectivity index (χ3n) is 9.77. The molecular formula is C39H36Cl4N2O5. The Labute approximate surface area is 312 Å². The van der Waals surface area contributed by atoms with Crippen LogP contribution in [0.5, 0.6) is 0 Å². The van der Waals surface area contributed by atoms with Crippen molar-refractivity contribution in [1.29, 1.82) is 0 Å². The van der Waals surface area contributed by atoms with Crippen molar-refractivity contribution in [3.63, 3.8) is 0 Å². The first kappa shape index (κ1) is 36.1. The van der Waals surface area contributed by atoms with Gasteiger partial charge in [0.05, 0.1) is 24.9 Å². The number of carbonyl (C=O) groups excluding carboxylic acids is 3. The van der Waals surface area contributed by atoms with Crippen molar-refractivity contribution in [1.82, 2.24) is 9.80 Å². The van der Waals surface area contributed by atoms with Crippen LogP contribution in [0.2, 0.25) is 20.1 Å². The van der Waals surface area contributed by atoms with Gasteiger partial charge in [-0.15, -0.1) is 0 Å². The summed E-state index contributed by atoms with van der Waals surface area (Å²) in [6, 6.07) is 25.7. The number of fused-ring (bicyclic) bond motifs is 2. The zero-order valence-corrected chi connectivity index (χ0v) is 30.6. The first-order valence-electron chi connectivity index (χ1n) is 16.4. The summed E-state index contributed by atoms with van der Waals surface area (Å²) in [7, 11) is 0. The number of rotatable bonds is 8. The van der Waals surface area contributed by atoms with Crippen molar-refractivity contribution < 1.29 is 23.9 Å². The van der Waals surface area contributed by atoms with Gasteiger partial charge in [0.2, 0.25) is 11.8 Å². The van der Waals surface area contributed by atoms with Crippen molar-refractivity contribution in [2.45, 2.75) is 50.6 Å². The highest BCUT2D eigenvalue weighted by Crippen LogP contribution is 2.39. The summed E-state index contributed by atoms with van der Waals surface area (Å²) in [5, 5.41) is 1.74. The summed E-state index contributed by atoms with van der Waals surface area (Å²) >= 11 is 25.5. The van der Waals surface area contributed by atoms with Crippen LogP contribution in [0.4, 0.5) is 4.79 Å². The van der Waals surface area contributed by atoms with Gasteiger partial charge in [0.25, 0.3) is 0 Å². The zero-order chi connectivity index (χ0) is 35.5. The zero-order valence-electron chi connectivity index (χ0n) is 27.6. The van der Waals surface area contributed by atoms with Crippen molar-refractivity contribution in [2.24, 2.45) is 0 Å². The molecule has 4 aromatic rings. The standard InChI is InChI=1S/C39H36Cl4N2O5/c1-23-27-9-3-5-11-29(27)25(19-44(23)37(46)17-31-33(40)13-7-14-34(31)41)21-49-39(48)50-22-26-20-45(24(2)28-10-4-6-12-30(26)28)38(47)18-32-35(42)15-8-16-36(32)43/h3-16,23-26H,17-22H2,1-2H3/t23-,24-,25-,26-/m0/s1. The van der Waals surface area contributed by atoms with Crippen molar-refractivity contribution >= 4 is 64.4 Å². The third-order valence-corrected chi connectivity index (χ3v) is 11.2. The number of benzene rings is 4. The molecule has 4 atom stereocenters. The number of hydrogen-bond acceptors (Lipinski definition) is 5. The van der Waals surface area contributed by atoms with Gasteiger partial charge in [0.15, 0.2) is 0 Å². The molecule has 4 aromatic carbocycles. The highest BCUT2D eigenvalue weighted by Gasteiger charge is 2.36. The average Bonchev–Trinajstić information content (AvgIpc) is 3.11. The predicted molar refractivity (Wildman–Crippen MR) is 196 cm³/mol. The Balaban J connectivity index is 1.12. The molecule has 0 saturated carbocycles. The minimum Gasteiger partial charge on any atom is -0.434 e. The highest BCUT2D eigenvalue weighted by molar-refractivity contribution is 6.36. The van der Waals surface area contributed by atoms with E-state index in [9.17, 15) is 14.4 Å². The SMILES string of the molecule is C[C@H]1c2ccccc2[C@H](COC(=O)OC[C@@H]2CN(C(=O)Cc3c(Cl)cccc3Cl)[C@@H](C)c3ccccc32)CN1C(=O)Cc1c(Cl)cccc1Cl. The number of hydrogen-bond donors (Lipinski definition) is 0. The van der Waals surface area contributed by atoms with Crippen LogP contribution in [0.15, 0.2) is 84.9 Å². The maximum absolute atomic E-state index is 13.6. The maximum atomic E-state index is 13.6. The molecule has 6 rings (SSSR count). The van der Waals surface area contributed by atoms with Crippen molar-refractivity contribution in [3.05, 3.63) is 138 Å². The molecule has 2 aliphatic heterocycles. The van der Waals surface area contributed by atoms with Crippen LogP contribution in [-0.4, -0.2) is 54.1 Å². The van der Waals surface area contributed by atoms with Crippen LogP contribution >= 0.6 is 46.4 Å². The van der Waals surface area contributed by atoms with Gasteiger partial charge in [0.1, 0.15) is 13.2 Å². The van der Waals surface area contributed by atoms with E-state index in [1.54, 1.807) is 46.2 Å². The van der Waals surface area contributed by atoms with E-state index in [1.807, 2.05) is 62.4 Å². The molecule has 50 heavy (non-hydrogen) atoms. The molecular weight excluding hydrogens is 718 g/mol. The smallest absolute Gasteiger partial charge is 0.434 e. The summed E-state index contributed by atoms with van der Waals surface area (Å²) in [4.78, 5) is 43.9. The lowest BCUT2D eigenvalue weighted by molar-refractivity contribution is -0.134. The summed E-state index contributed by atoms with van der Waals surface area (Å²) < 4.78 is 11.4. The number of halogens is 4. The predicted octanol–water partition coefficient (Wildman–Crippen LogP) is 9.61. The molecule has 7 nitrogen and oxygen atoms in total. The van der Waals surface area contributed by atoms with Crippen LogP contribution in [-0.2, 0) is 31.9 Å². The molecule has 0 bridgehead atoms. The Hall–Kier alpha value is -3.75. The fourth-order valence-corrected chi connectivity index (χ4v) is 8.12. The van der Waals surface area contributed by atoms with Gasteiger partial charge in [-0.25, -0.2) is 4.79 Å². The van der Waals surface area contributed by atoms with E-state index in [2.05, 4.69) is 0 Å². The second kappa shape index (κ2) is 15.6. The molecule has 0 aliphatic carbocycles. The lowest BCUT2D eigenvalue weighted by Crippen LogP contribution is -2.43. The number of nitrogens with zero attached hydrogens (tertiary/aromatic N) is 2. The Kier molecular flexibility index (Phi) is 11.3. The van der Waals surface area contributed by atoms with E-state index >= 15 is 0 Å². The van der Waals surface area contributed by atoms with E-state index in [1.165, 1.54) is 0 Å². The summed E-state index contributed by atoms with van der Waals surface area (Å²) in [6.45, 7) is 4.67. The minimum atomic E-state index is -0.821. The molecule has 0 spiro atoms. The molecule has 0 unspecified atom stereocenters. The topological polar surface area (TPSA) is 76.2 Å². The van der Waals surface area contributed by atoms with Crippen LogP contribution in [0.25, 0.3) is 0 Å². The van der Waals surface area contributed by atoms with Gasteiger partial charge < -0.3 is 19.3 Å². The average molecular weight is 755 g/mol. The van der Waals surface area contributed by atoms with E-state index in [-0.39, 0.29) is 61.8 Å².